The van der Waals surface area contributed by atoms with E-state index in [2.05, 4.69) is 19.1 Å². The summed E-state index contributed by atoms with van der Waals surface area (Å²) in [6, 6.07) is 6.12. The molecular formula is C22H32O4. The third kappa shape index (κ3) is 9.40. The fourth-order valence-electron chi connectivity index (χ4n) is 2.75. The van der Waals surface area contributed by atoms with Gasteiger partial charge >= 0.3 is 11.9 Å². The van der Waals surface area contributed by atoms with Crippen molar-refractivity contribution in [3.63, 3.8) is 0 Å². The van der Waals surface area contributed by atoms with Gasteiger partial charge in [0.15, 0.2) is 0 Å². The maximum Gasteiger partial charge on any atom is 0.339 e. The number of carboxylic acids is 1. The Morgan fingerprint density at radius 1 is 0.885 bits per heavy atom. The zero-order valence-corrected chi connectivity index (χ0v) is 15.9. The number of ether oxygens (including phenoxy) is 1. The Bertz CT molecular complexity index is 563. The number of esters is 1. The van der Waals surface area contributed by atoms with Crippen LogP contribution in [0.1, 0.15) is 91.8 Å². The standard InChI is InChI=1S/C22H32O4/c1-2-3-4-5-6-7-8-9-10-11-12-15-18-26-22(25)20-17-14-13-16-19(20)21(23)24/h10-11,13-14,16-17H,2-9,12,15,18H2,1H3,(H,23,24)/b11-10+. The van der Waals surface area contributed by atoms with E-state index in [-0.39, 0.29) is 11.1 Å². The molecule has 144 valence electrons. The van der Waals surface area contributed by atoms with Gasteiger partial charge in [0.2, 0.25) is 0 Å². The highest BCUT2D eigenvalue weighted by Crippen LogP contribution is 2.11. The minimum atomic E-state index is -1.12. The lowest BCUT2D eigenvalue weighted by Crippen LogP contribution is -2.12. The molecule has 0 aromatic heterocycles. The molecule has 1 aromatic carbocycles. The Labute approximate surface area is 157 Å². The van der Waals surface area contributed by atoms with E-state index in [4.69, 9.17) is 9.84 Å². The fourth-order valence-corrected chi connectivity index (χ4v) is 2.75. The first-order chi connectivity index (χ1) is 12.7. The Morgan fingerprint density at radius 2 is 1.46 bits per heavy atom. The van der Waals surface area contributed by atoms with Crippen LogP contribution in [-0.4, -0.2) is 23.7 Å². The molecule has 1 aromatic rings. The zero-order valence-electron chi connectivity index (χ0n) is 15.9. The SMILES string of the molecule is CCCCCCCCC/C=C/CCCOC(=O)c1ccccc1C(=O)O. The van der Waals surface area contributed by atoms with Gasteiger partial charge in [-0.05, 0) is 37.8 Å². The monoisotopic (exact) mass is 360 g/mol. The van der Waals surface area contributed by atoms with Crippen LogP contribution in [0.4, 0.5) is 0 Å². The van der Waals surface area contributed by atoms with Crippen LogP contribution in [0, 0.1) is 0 Å². The third-order valence-electron chi connectivity index (χ3n) is 4.27. The molecule has 4 heteroatoms. The van der Waals surface area contributed by atoms with E-state index in [9.17, 15) is 9.59 Å². The summed E-state index contributed by atoms with van der Waals surface area (Å²) in [5.74, 6) is -1.69. The minimum Gasteiger partial charge on any atom is -0.478 e. The van der Waals surface area contributed by atoms with Crippen LogP contribution in [0.2, 0.25) is 0 Å². The van der Waals surface area contributed by atoms with Gasteiger partial charge in [0.25, 0.3) is 0 Å². The second-order valence-electron chi connectivity index (χ2n) is 6.51. The average Bonchev–Trinajstić information content (AvgIpc) is 2.65. The smallest absolute Gasteiger partial charge is 0.339 e. The number of hydrogen-bond donors (Lipinski definition) is 1. The van der Waals surface area contributed by atoms with E-state index in [0.29, 0.717) is 6.61 Å². The molecule has 0 aliphatic rings. The van der Waals surface area contributed by atoms with Crippen LogP contribution < -0.4 is 0 Å². The molecule has 0 bridgehead atoms. The van der Waals surface area contributed by atoms with E-state index in [0.717, 1.165) is 19.3 Å². The summed E-state index contributed by atoms with van der Waals surface area (Å²) in [6.07, 6.45) is 16.3. The Morgan fingerprint density at radius 3 is 2.12 bits per heavy atom. The van der Waals surface area contributed by atoms with Crippen molar-refractivity contribution in [2.75, 3.05) is 6.61 Å². The number of carbonyl (C=O) groups excluding carboxylic acids is 1. The molecule has 4 nitrogen and oxygen atoms in total. The third-order valence-corrected chi connectivity index (χ3v) is 4.27. The highest BCUT2D eigenvalue weighted by Gasteiger charge is 2.16. The lowest BCUT2D eigenvalue weighted by molar-refractivity contribution is 0.0491. The van der Waals surface area contributed by atoms with Crippen LogP contribution in [0.25, 0.3) is 0 Å². The summed E-state index contributed by atoms with van der Waals surface area (Å²) in [5, 5.41) is 9.08. The van der Waals surface area contributed by atoms with Crippen molar-refractivity contribution >= 4 is 11.9 Å². The summed E-state index contributed by atoms with van der Waals surface area (Å²) < 4.78 is 5.17. The summed E-state index contributed by atoms with van der Waals surface area (Å²) in [7, 11) is 0. The van der Waals surface area contributed by atoms with Crippen molar-refractivity contribution in [3.05, 3.63) is 47.5 Å². The Kier molecular flexibility index (Phi) is 11.9. The molecule has 1 N–H and O–H groups in total. The van der Waals surface area contributed by atoms with E-state index >= 15 is 0 Å². The number of aromatic carboxylic acids is 1. The average molecular weight is 360 g/mol. The number of carboxylic acid groups (broad SMARTS) is 1. The van der Waals surface area contributed by atoms with E-state index in [1.54, 1.807) is 12.1 Å². The first-order valence-electron chi connectivity index (χ1n) is 9.81. The van der Waals surface area contributed by atoms with Gasteiger partial charge in [-0.25, -0.2) is 9.59 Å². The molecule has 1 rings (SSSR count). The van der Waals surface area contributed by atoms with Crippen molar-refractivity contribution in [2.24, 2.45) is 0 Å². The molecule has 0 fully saturated rings. The van der Waals surface area contributed by atoms with Gasteiger partial charge in [0.05, 0.1) is 17.7 Å². The maximum atomic E-state index is 12.0. The normalized spacial score (nSPS) is 11.0. The topological polar surface area (TPSA) is 63.6 Å². The predicted molar refractivity (Wildman–Crippen MR) is 105 cm³/mol. The molecule has 0 spiro atoms. The first-order valence-corrected chi connectivity index (χ1v) is 9.81. The lowest BCUT2D eigenvalue weighted by Gasteiger charge is -2.06. The van der Waals surface area contributed by atoms with Crippen LogP contribution in [0.5, 0.6) is 0 Å². The molecule has 0 unspecified atom stereocenters. The molecule has 0 saturated carbocycles. The minimum absolute atomic E-state index is 0.0212. The number of carbonyl (C=O) groups is 2. The molecule has 0 heterocycles. The first kappa shape index (κ1) is 21.9. The number of rotatable bonds is 14. The Balaban J connectivity index is 2.08. The zero-order chi connectivity index (χ0) is 19.0. The van der Waals surface area contributed by atoms with Gasteiger partial charge in [-0.3, -0.25) is 0 Å². The van der Waals surface area contributed by atoms with Crippen molar-refractivity contribution < 1.29 is 19.4 Å². The number of unbranched alkanes of at least 4 members (excludes halogenated alkanes) is 8. The molecule has 0 aliphatic heterocycles. The molecule has 0 amide bonds. The maximum absolute atomic E-state index is 12.0. The summed E-state index contributed by atoms with van der Waals surface area (Å²) in [6.45, 7) is 2.54. The predicted octanol–water partition coefficient (Wildman–Crippen LogP) is 6.02. The van der Waals surface area contributed by atoms with E-state index in [1.165, 1.54) is 57.1 Å². The van der Waals surface area contributed by atoms with Crippen LogP contribution >= 0.6 is 0 Å². The van der Waals surface area contributed by atoms with Crippen LogP contribution in [-0.2, 0) is 4.74 Å². The van der Waals surface area contributed by atoms with Crippen LogP contribution in [0.15, 0.2) is 36.4 Å². The molecule has 26 heavy (non-hydrogen) atoms. The molecule has 0 atom stereocenters. The second-order valence-corrected chi connectivity index (χ2v) is 6.51. The van der Waals surface area contributed by atoms with Crippen molar-refractivity contribution in [3.8, 4) is 0 Å². The van der Waals surface area contributed by atoms with Crippen LogP contribution in [0.3, 0.4) is 0 Å². The number of allylic oxidation sites excluding steroid dienone is 2. The highest BCUT2D eigenvalue weighted by atomic mass is 16.5. The highest BCUT2D eigenvalue weighted by molar-refractivity contribution is 6.02. The number of benzene rings is 1. The summed E-state index contributed by atoms with van der Waals surface area (Å²) in [4.78, 5) is 23.1. The molecule has 0 radical (unpaired) electrons. The summed E-state index contributed by atoms with van der Waals surface area (Å²) in [5.41, 5.74) is 0.0848. The van der Waals surface area contributed by atoms with Gasteiger partial charge in [0, 0.05) is 0 Å². The molecular weight excluding hydrogens is 328 g/mol. The van der Waals surface area contributed by atoms with Crippen molar-refractivity contribution in [2.45, 2.75) is 71.1 Å². The summed E-state index contributed by atoms with van der Waals surface area (Å²) >= 11 is 0. The van der Waals surface area contributed by atoms with Crippen molar-refractivity contribution in [1.29, 1.82) is 0 Å². The largest absolute Gasteiger partial charge is 0.478 e. The van der Waals surface area contributed by atoms with Crippen molar-refractivity contribution in [1.82, 2.24) is 0 Å². The van der Waals surface area contributed by atoms with E-state index in [1.807, 2.05) is 0 Å². The molecule has 0 aliphatic carbocycles. The lowest BCUT2D eigenvalue weighted by atomic mass is 10.1. The fraction of sp³-hybridized carbons (Fsp3) is 0.545. The van der Waals surface area contributed by atoms with Gasteiger partial charge in [-0.2, -0.15) is 0 Å². The number of hydrogen-bond acceptors (Lipinski definition) is 3. The second kappa shape index (κ2) is 14.1. The molecule has 0 saturated heterocycles. The van der Waals surface area contributed by atoms with Gasteiger partial charge in [-0.1, -0.05) is 69.7 Å². The Hall–Kier alpha value is -2.10. The van der Waals surface area contributed by atoms with Gasteiger partial charge in [0.1, 0.15) is 0 Å². The van der Waals surface area contributed by atoms with Gasteiger partial charge in [-0.15, -0.1) is 0 Å². The van der Waals surface area contributed by atoms with Gasteiger partial charge < -0.3 is 9.84 Å². The quantitative estimate of drug-likeness (QED) is 0.250. The van der Waals surface area contributed by atoms with E-state index < -0.39 is 11.9 Å².